The third kappa shape index (κ3) is 4.62. The Morgan fingerprint density at radius 2 is 1.79 bits per heavy atom. The first-order valence-electron chi connectivity index (χ1n) is 9.39. The van der Waals surface area contributed by atoms with Gasteiger partial charge in [-0.25, -0.2) is 4.98 Å². The largest absolute Gasteiger partial charge is 0.325 e. The van der Waals surface area contributed by atoms with Crippen LogP contribution in [-0.4, -0.2) is 20.7 Å². The maximum atomic E-state index is 13.0. The summed E-state index contributed by atoms with van der Waals surface area (Å²) in [4.78, 5) is 30.3. The van der Waals surface area contributed by atoms with Crippen LogP contribution in [0.3, 0.4) is 0 Å². The first-order valence-corrected chi connectivity index (χ1v) is 10.3. The summed E-state index contributed by atoms with van der Waals surface area (Å²) in [6, 6.07) is 15.0. The summed E-state index contributed by atoms with van der Waals surface area (Å²) in [6.07, 6.45) is 0. The Kier molecular flexibility index (Phi) is 6.19. The fourth-order valence-electron chi connectivity index (χ4n) is 2.86. The molecule has 1 heterocycles. The van der Waals surface area contributed by atoms with Gasteiger partial charge >= 0.3 is 0 Å². The Labute approximate surface area is 169 Å². The minimum Gasteiger partial charge on any atom is -0.325 e. The van der Waals surface area contributed by atoms with Gasteiger partial charge in [-0.3, -0.25) is 14.2 Å². The molecule has 146 valence electrons. The lowest BCUT2D eigenvalue weighted by Gasteiger charge is -2.17. The maximum absolute atomic E-state index is 13.0. The number of para-hydroxylation sites is 1. The third-order valence-electron chi connectivity index (χ3n) is 4.34. The fraction of sp³-hybridized carbons (Fsp3) is 0.318. The molecule has 1 aromatic heterocycles. The van der Waals surface area contributed by atoms with Crippen LogP contribution in [0.5, 0.6) is 0 Å². The summed E-state index contributed by atoms with van der Waals surface area (Å²) < 4.78 is 1.69. The van der Waals surface area contributed by atoms with Crippen molar-refractivity contribution in [2.45, 2.75) is 44.6 Å². The number of carbonyl (C=O) groups is 1. The van der Waals surface area contributed by atoms with Crippen LogP contribution in [0.15, 0.2) is 58.5 Å². The lowest BCUT2D eigenvalue weighted by Crippen LogP contribution is -2.28. The minimum atomic E-state index is -0.396. The van der Waals surface area contributed by atoms with Crippen LogP contribution in [-0.2, 0) is 11.3 Å². The molecule has 0 spiro atoms. The van der Waals surface area contributed by atoms with E-state index in [1.54, 1.807) is 10.6 Å². The van der Waals surface area contributed by atoms with Gasteiger partial charge in [-0.2, -0.15) is 0 Å². The number of thioether (sulfide) groups is 1. The fourth-order valence-corrected chi connectivity index (χ4v) is 3.77. The molecule has 0 fully saturated rings. The molecule has 0 radical (unpaired) electrons. The van der Waals surface area contributed by atoms with Crippen molar-refractivity contribution in [3.63, 3.8) is 0 Å². The van der Waals surface area contributed by atoms with Crippen LogP contribution in [0.4, 0.5) is 5.69 Å². The zero-order valence-electron chi connectivity index (χ0n) is 16.6. The van der Waals surface area contributed by atoms with Gasteiger partial charge in [-0.15, -0.1) is 0 Å². The molecule has 0 aliphatic heterocycles. The molecule has 0 unspecified atom stereocenters. The summed E-state index contributed by atoms with van der Waals surface area (Å²) in [5.41, 5.74) is 2.49. The number of fused-ring (bicyclic) bond motifs is 1. The van der Waals surface area contributed by atoms with E-state index in [-0.39, 0.29) is 17.4 Å². The Hall–Kier alpha value is -2.60. The molecule has 3 rings (SSSR count). The number of aromatic nitrogens is 2. The average Bonchev–Trinajstić information content (AvgIpc) is 2.66. The number of carbonyl (C=O) groups excluding carboxylic acids is 1. The molecule has 0 aliphatic carbocycles. The second-order valence-electron chi connectivity index (χ2n) is 7.34. The predicted molar refractivity (Wildman–Crippen MR) is 116 cm³/mol. The zero-order chi connectivity index (χ0) is 20.3. The molecule has 6 heteroatoms. The highest BCUT2D eigenvalue weighted by molar-refractivity contribution is 8.00. The van der Waals surface area contributed by atoms with Crippen molar-refractivity contribution in [2.75, 3.05) is 5.32 Å². The standard InChI is InChI=1S/C22H25N3O2S/c1-14(2)13-25-21(27)18-7-5-6-8-19(18)24-22(25)28-16(4)20(26)23-17-11-9-15(3)10-12-17/h5-12,14,16H,13H2,1-4H3,(H,23,26)/t16-/m1/s1. The Morgan fingerprint density at radius 3 is 2.46 bits per heavy atom. The molecule has 1 N–H and O–H groups in total. The molecule has 0 saturated carbocycles. The van der Waals surface area contributed by atoms with Gasteiger partial charge in [-0.05, 0) is 44.0 Å². The van der Waals surface area contributed by atoms with Gasteiger partial charge in [0, 0.05) is 12.2 Å². The summed E-state index contributed by atoms with van der Waals surface area (Å²) in [5.74, 6) is 0.170. The van der Waals surface area contributed by atoms with E-state index in [0.717, 1.165) is 11.3 Å². The van der Waals surface area contributed by atoms with Gasteiger partial charge < -0.3 is 5.32 Å². The van der Waals surface area contributed by atoms with Crippen molar-refractivity contribution in [3.8, 4) is 0 Å². The van der Waals surface area contributed by atoms with Gasteiger partial charge in [0.25, 0.3) is 5.56 Å². The van der Waals surface area contributed by atoms with Crippen molar-refractivity contribution < 1.29 is 4.79 Å². The molecule has 0 aliphatic rings. The van der Waals surface area contributed by atoms with Gasteiger partial charge in [0.1, 0.15) is 0 Å². The van der Waals surface area contributed by atoms with Crippen LogP contribution < -0.4 is 10.9 Å². The van der Waals surface area contributed by atoms with E-state index < -0.39 is 5.25 Å². The van der Waals surface area contributed by atoms with Crippen LogP contribution >= 0.6 is 11.8 Å². The quantitative estimate of drug-likeness (QED) is 0.494. The zero-order valence-corrected chi connectivity index (χ0v) is 17.4. The van der Waals surface area contributed by atoms with Crippen molar-refractivity contribution >= 4 is 34.3 Å². The lowest BCUT2D eigenvalue weighted by molar-refractivity contribution is -0.115. The molecular weight excluding hydrogens is 370 g/mol. The molecule has 28 heavy (non-hydrogen) atoms. The molecule has 1 amide bonds. The number of hydrogen-bond donors (Lipinski definition) is 1. The molecule has 1 atom stereocenters. The summed E-state index contributed by atoms with van der Waals surface area (Å²) in [5, 5.41) is 3.70. The van der Waals surface area contributed by atoms with E-state index in [4.69, 9.17) is 0 Å². The van der Waals surface area contributed by atoms with Gasteiger partial charge in [0.15, 0.2) is 5.16 Å². The third-order valence-corrected chi connectivity index (χ3v) is 5.43. The Balaban J connectivity index is 1.88. The molecule has 3 aromatic rings. The number of nitrogens with one attached hydrogen (secondary N) is 1. The normalized spacial score (nSPS) is 12.3. The van der Waals surface area contributed by atoms with E-state index in [1.807, 2.05) is 56.3 Å². The molecule has 2 aromatic carbocycles. The summed E-state index contributed by atoms with van der Waals surface area (Å²) in [6.45, 7) is 8.51. The summed E-state index contributed by atoms with van der Waals surface area (Å²) in [7, 11) is 0. The van der Waals surface area contributed by atoms with E-state index in [2.05, 4.69) is 24.1 Å². The first kappa shape index (κ1) is 20.1. The Morgan fingerprint density at radius 1 is 1.11 bits per heavy atom. The van der Waals surface area contributed by atoms with E-state index in [1.165, 1.54) is 11.8 Å². The number of hydrogen-bond acceptors (Lipinski definition) is 4. The molecule has 0 bridgehead atoms. The van der Waals surface area contributed by atoms with E-state index in [9.17, 15) is 9.59 Å². The van der Waals surface area contributed by atoms with Crippen LogP contribution in [0, 0.1) is 12.8 Å². The van der Waals surface area contributed by atoms with Crippen molar-refractivity contribution in [3.05, 3.63) is 64.4 Å². The van der Waals surface area contributed by atoms with Crippen molar-refractivity contribution in [2.24, 2.45) is 5.92 Å². The topological polar surface area (TPSA) is 64.0 Å². The van der Waals surface area contributed by atoms with E-state index >= 15 is 0 Å². The highest BCUT2D eigenvalue weighted by Gasteiger charge is 2.20. The monoisotopic (exact) mass is 395 g/mol. The lowest BCUT2D eigenvalue weighted by atomic mass is 10.2. The van der Waals surface area contributed by atoms with Crippen molar-refractivity contribution in [1.29, 1.82) is 0 Å². The second-order valence-corrected chi connectivity index (χ2v) is 8.64. The second kappa shape index (κ2) is 8.61. The number of benzene rings is 2. The average molecular weight is 396 g/mol. The number of aryl methyl sites for hydroxylation is 1. The van der Waals surface area contributed by atoms with Gasteiger partial charge in [0.2, 0.25) is 5.91 Å². The van der Waals surface area contributed by atoms with Crippen molar-refractivity contribution in [1.82, 2.24) is 9.55 Å². The number of anilines is 1. The Bertz CT molecular complexity index is 1040. The van der Waals surface area contributed by atoms with Crippen LogP contribution in [0.2, 0.25) is 0 Å². The number of amides is 1. The SMILES string of the molecule is Cc1ccc(NC(=O)[C@@H](C)Sc2nc3ccccc3c(=O)n2CC(C)C)cc1. The molecule has 0 saturated heterocycles. The molecular formula is C22H25N3O2S. The predicted octanol–water partition coefficient (Wildman–Crippen LogP) is 4.48. The van der Waals surface area contributed by atoms with Gasteiger partial charge in [-0.1, -0.05) is 55.4 Å². The minimum absolute atomic E-state index is 0.0621. The first-order chi connectivity index (χ1) is 13.3. The number of rotatable bonds is 6. The highest BCUT2D eigenvalue weighted by atomic mass is 32.2. The molecule has 5 nitrogen and oxygen atoms in total. The van der Waals surface area contributed by atoms with E-state index in [0.29, 0.717) is 22.6 Å². The summed E-state index contributed by atoms with van der Waals surface area (Å²) >= 11 is 1.31. The van der Waals surface area contributed by atoms with Crippen LogP contribution in [0.25, 0.3) is 10.9 Å². The van der Waals surface area contributed by atoms with Crippen LogP contribution in [0.1, 0.15) is 26.3 Å². The smallest absolute Gasteiger partial charge is 0.262 e. The number of nitrogens with zero attached hydrogens (tertiary/aromatic N) is 2. The highest BCUT2D eigenvalue weighted by Crippen LogP contribution is 2.24. The maximum Gasteiger partial charge on any atom is 0.262 e. The van der Waals surface area contributed by atoms with Gasteiger partial charge in [0.05, 0.1) is 16.2 Å².